The van der Waals surface area contributed by atoms with Crippen molar-refractivity contribution in [2.45, 2.75) is 6.18 Å². The van der Waals surface area contributed by atoms with E-state index in [0.717, 1.165) is 18.2 Å². The van der Waals surface area contributed by atoms with Crippen LogP contribution in [-0.4, -0.2) is 10.9 Å². The van der Waals surface area contributed by atoms with Crippen molar-refractivity contribution < 1.29 is 18.0 Å². The lowest BCUT2D eigenvalue weighted by Crippen LogP contribution is -2.14. The fourth-order valence-corrected chi connectivity index (χ4v) is 3.62. The minimum Gasteiger partial charge on any atom is -0.321 e. The van der Waals surface area contributed by atoms with E-state index in [9.17, 15) is 18.0 Å². The Morgan fingerprint density at radius 2 is 1.56 bits per heavy atom. The number of amides is 1. The highest BCUT2D eigenvalue weighted by atomic mass is 35.5. The van der Waals surface area contributed by atoms with Gasteiger partial charge in [0.15, 0.2) is 0 Å². The summed E-state index contributed by atoms with van der Waals surface area (Å²) in [5.41, 5.74) is 0.733. The van der Waals surface area contributed by atoms with Crippen molar-refractivity contribution >= 4 is 57.3 Å². The molecule has 162 valence electrons. The van der Waals surface area contributed by atoms with Crippen LogP contribution >= 0.6 is 34.8 Å². The average Bonchev–Trinajstić information content (AvgIpc) is 2.75. The topological polar surface area (TPSA) is 42.0 Å². The lowest BCUT2D eigenvalue weighted by atomic mass is 10.0. The van der Waals surface area contributed by atoms with E-state index in [0.29, 0.717) is 32.2 Å². The van der Waals surface area contributed by atoms with Gasteiger partial charge in [-0.3, -0.25) is 4.79 Å². The summed E-state index contributed by atoms with van der Waals surface area (Å²) in [6.07, 6.45) is -4.57. The number of pyridine rings is 1. The highest BCUT2D eigenvalue weighted by Gasteiger charge is 2.31. The van der Waals surface area contributed by atoms with Gasteiger partial charge in [-0.25, -0.2) is 4.98 Å². The molecule has 0 atom stereocenters. The fraction of sp³-hybridized carbons (Fsp3) is 0.0435. The van der Waals surface area contributed by atoms with Crippen molar-refractivity contribution in [3.05, 3.63) is 92.9 Å². The summed E-state index contributed by atoms with van der Waals surface area (Å²) < 4.78 is 39.3. The van der Waals surface area contributed by atoms with E-state index in [1.54, 1.807) is 48.5 Å². The monoisotopic (exact) mass is 494 g/mol. The molecule has 1 heterocycles. The number of benzene rings is 3. The van der Waals surface area contributed by atoms with E-state index < -0.39 is 17.6 Å². The number of halogens is 6. The smallest absolute Gasteiger partial charge is 0.321 e. The number of hydrogen-bond acceptors (Lipinski definition) is 2. The van der Waals surface area contributed by atoms with Gasteiger partial charge >= 0.3 is 6.18 Å². The fourth-order valence-electron chi connectivity index (χ4n) is 3.15. The zero-order chi connectivity index (χ0) is 23.0. The molecule has 3 nitrogen and oxygen atoms in total. The maximum atomic E-state index is 13.1. The van der Waals surface area contributed by atoms with Gasteiger partial charge in [0.1, 0.15) is 0 Å². The number of alkyl halides is 3. The third-order valence-electron chi connectivity index (χ3n) is 4.72. The van der Waals surface area contributed by atoms with Crippen molar-refractivity contribution in [1.29, 1.82) is 0 Å². The number of hydrogen-bond donors (Lipinski definition) is 1. The molecule has 32 heavy (non-hydrogen) atoms. The summed E-state index contributed by atoms with van der Waals surface area (Å²) in [6.45, 7) is 0. The van der Waals surface area contributed by atoms with Crippen molar-refractivity contribution in [1.82, 2.24) is 4.98 Å². The van der Waals surface area contributed by atoms with Crippen molar-refractivity contribution in [2.24, 2.45) is 0 Å². The first kappa shape index (κ1) is 22.4. The van der Waals surface area contributed by atoms with Gasteiger partial charge < -0.3 is 5.32 Å². The molecule has 0 spiro atoms. The zero-order valence-corrected chi connectivity index (χ0v) is 18.2. The van der Waals surface area contributed by atoms with Crippen molar-refractivity contribution in [3.63, 3.8) is 0 Å². The predicted octanol–water partition coefficient (Wildman–Crippen LogP) is 8.13. The molecule has 0 saturated carbocycles. The van der Waals surface area contributed by atoms with Gasteiger partial charge in [0.25, 0.3) is 5.91 Å². The first-order chi connectivity index (χ1) is 15.1. The molecule has 1 amide bonds. The van der Waals surface area contributed by atoms with E-state index in [-0.39, 0.29) is 16.3 Å². The number of fused-ring (bicyclic) bond motifs is 1. The Bertz CT molecular complexity index is 1360. The Morgan fingerprint density at radius 3 is 2.28 bits per heavy atom. The Kier molecular flexibility index (Phi) is 6.03. The van der Waals surface area contributed by atoms with Gasteiger partial charge in [-0.15, -0.1) is 0 Å². The van der Waals surface area contributed by atoms with Crippen molar-refractivity contribution in [3.8, 4) is 11.3 Å². The van der Waals surface area contributed by atoms with E-state index in [4.69, 9.17) is 34.8 Å². The van der Waals surface area contributed by atoms with E-state index >= 15 is 0 Å². The highest BCUT2D eigenvalue weighted by molar-refractivity contribution is 6.42. The van der Waals surface area contributed by atoms with Gasteiger partial charge in [-0.05, 0) is 42.5 Å². The van der Waals surface area contributed by atoms with E-state index in [1.165, 1.54) is 0 Å². The second kappa shape index (κ2) is 8.62. The van der Waals surface area contributed by atoms with Crippen LogP contribution in [0.2, 0.25) is 15.1 Å². The molecular formula is C23H12Cl3F3N2O. The molecule has 0 aliphatic heterocycles. The molecule has 3 aromatic carbocycles. The summed E-state index contributed by atoms with van der Waals surface area (Å²) in [6, 6.07) is 16.1. The van der Waals surface area contributed by atoms with Gasteiger partial charge in [0, 0.05) is 10.9 Å². The number of carbonyl (C=O) groups is 1. The number of aromatic nitrogens is 1. The van der Waals surface area contributed by atoms with E-state index in [2.05, 4.69) is 10.3 Å². The maximum absolute atomic E-state index is 13.1. The van der Waals surface area contributed by atoms with Crippen LogP contribution in [0.4, 0.5) is 18.9 Å². The first-order valence-corrected chi connectivity index (χ1v) is 10.3. The van der Waals surface area contributed by atoms with Gasteiger partial charge in [0.05, 0.1) is 43.1 Å². The molecule has 4 rings (SSSR count). The number of carbonyl (C=O) groups excluding carboxylic acids is 1. The Morgan fingerprint density at radius 1 is 0.844 bits per heavy atom. The SMILES string of the molecule is O=C(Nc1cc(C(F)(F)F)ccc1Cl)c1cc(-c2ccc(Cl)c(Cl)c2)nc2ccccc12. The third-order valence-corrected chi connectivity index (χ3v) is 5.79. The summed E-state index contributed by atoms with van der Waals surface area (Å²) in [5.74, 6) is -0.633. The van der Waals surface area contributed by atoms with Crippen LogP contribution in [-0.2, 0) is 6.18 Å². The lowest BCUT2D eigenvalue weighted by molar-refractivity contribution is -0.137. The molecule has 0 bridgehead atoms. The zero-order valence-electron chi connectivity index (χ0n) is 16.0. The van der Waals surface area contributed by atoms with Crippen LogP contribution in [0, 0.1) is 0 Å². The minimum absolute atomic E-state index is 0.0191. The summed E-state index contributed by atoms with van der Waals surface area (Å²) in [5, 5.41) is 3.68. The number of para-hydroxylation sites is 1. The molecule has 0 radical (unpaired) electrons. The number of nitrogens with one attached hydrogen (secondary N) is 1. The largest absolute Gasteiger partial charge is 0.416 e. The molecule has 0 unspecified atom stereocenters. The van der Waals surface area contributed by atoms with Gasteiger partial charge in [-0.2, -0.15) is 13.2 Å². The first-order valence-electron chi connectivity index (χ1n) is 9.17. The number of anilines is 1. The summed E-state index contributed by atoms with van der Waals surface area (Å²) >= 11 is 18.1. The van der Waals surface area contributed by atoms with Gasteiger partial charge in [-0.1, -0.05) is 59.1 Å². The Balaban J connectivity index is 1.80. The summed E-state index contributed by atoms with van der Waals surface area (Å²) in [7, 11) is 0. The van der Waals surface area contributed by atoms with Crippen LogP contribution in [0.15, 0.2) is 66.7 Å². The molecule has 0 saturated heterocycles. The molecule has 0 fully saturated rings. The number of nitrogens with zero attached hydrogens (tertiary/aromatic N) is 1. The average molecular weight is 496 g/mol. The Hall–Kier alpha value is -2.80. The van der Waals surface area contributed by atoms with E-state index in [1.807, 2.05) is 0 Å². The third kappa shape index (κ3) is 4.53. The molecule has 1 aromatic heterocycles. The minimum atomic E-state index is -4.57. The molecule has 9 heteroatoms. The van der Waals surface area contributed by atoms with Crippen LogP contribution in [0.25, 0.3) is 22.2 Å². The van der Waals surface area contributed by atoms with Crippen molar-refractivity contribution in [2.75, 3.05) is 5.32 Å². The molecular weight excluding hydrogens is 484 g/mol. The molecule has 1 N–H and O–H groups in total. The second-order valence-corrected chi connectivity index (χ2v) is 8.07. The van der Waals surface area contributed by atoms with Crippen LogP contribution in [0.5, 0.6) is 0 Å². The standard InChI is InChI=1S/C23H12Cl3F3N2O/c24-16-7-5-12(9-18(16)26)20-11-15(14-3-1-2-4-19(14)30-20)22(32)31-21-10-13(23(27,28)29)6-8-17(21)25/h1-11H,(H,31,32). The van der Waals surface area contributed by atoms with Crippen LogP contribution in [0.1, 0.15) is 15.9 Å². The van der Waals surface area contributed by atoms with Crippen LogP contribution in [0.3, 0.4) is 0 Å². The second-order valence-electron chi connectivity index (χ2n) is 6.85. The normalized spacial score (nSPS) is 11.6. The molecule has 0 aliphatic rings. The predicted molar refractivity (Wildman–Crippen MR) is 122 cm³/mol. The maximum Gasteiger partial charge on any atom is 0.416 e. The van der Waals surface area contributed by atoms with Gasteiger partial charge in [0.2, 0.25) is 0 Å². The highest BCUT2D eigenvalue weighted by Crippen LogP contribution is 2.35. The van der Waals surface area contributed by atoms with Crippen LogP contribution < -0.4 is 5.32 Å². The lowest BCUT2D eigenvalue weighted by Gasteiger charge is -2.13. The quantitative estimate of drug-likeness (QED) is 0.312. The Labute approximate surface area is 195 Å². The number of rotatable bonds is 3. The molecule has 0 aliphatic carbocycles. The summed E-state index contributed by atoms with van der Waals surface area (Å²) in [4.78, 5) is 17.7. The molecule has 4 aromatic rings.